The van der Waals surface area contributed by atoms with Crippen LogP contribution in [-0.4, -0.2) is 35.8 Å². The Bertz CT molecular complexity index is 1030. The number of nitrogens with zero attached hydrogens (tertiary/aromatic N) is 1. The van der Waals surface area contributed by atoms with Gasteiger partial charge in [0.25, 0.3) is 0 Å². The first-order chi connectivity index (χ1) is 13.5. The lowest BCUT2D eigenvalue weighted by molar-refractivity contribution is 0.0599. The molecule has 6 nitrogen and oxygen atoms in total. The zero-order valence-corrected chi connectivity index (χ0v) is 16.2. The SMILES string of the molecule is CCCn1cc(Cc2ccc(C(=O)OC)cc2OC)c2cc(C(=O)O)ccc21. The smallest absolute Gasteiger partial charge is 0.337 e. The van der Waals surface area contributed by atoms with E-state index in [4.69, 9.17) is 9.47 Å². The number of methoxy groups -OCH3 is 2. The number of esters is 1. The van der Waals surface area contributed by atoms with Crippen molar-refractivity contribution in [2.45, 2.75) is 26.3 Å². The zero-order valence-electron chi connectivity index (χ0n) is 16.2. The summed E-state index contributed by atoms with van der Waals surface area (Å²) in [6.07, 6.45) is 3.59. The van der Waals surface area contributed by atoms with Gasteiger partial charge >= 0.3 is 11.9 Å². The molecule has 0 radical (unpaired) electrons. The first-order valence-corrected chi connectivity index (χ1v) is 9.08. The summed E-state index contributed by atoms with van der Waals surface area (Å²) in [6.45, 7) is 2.95. The molecule has 1 heterocycles. The molecule has 1 N–H and O–H groups in total. The highest BCUT2D eigenvalue weighted by Crippen LogP contribution is 2.29. The van der Waals surface area contributed by atoms with E-state index in [0.29, 0.717) is 17.7 Å². The maximum absolute atomic E-state index is 11.8. The van der Waals surface area contributed by atoms with Crippen molar-refractivity contribution in [3.63, 3.8) is 0 Å². The topological polar surface area (TPSA) is 77.8 Å². The number of rotatable bonds is 7. The highest BCUT2D eigenvalue weighted by atomic mass is 16.5. The van der Waals surface area contributed by atoms with Crippen molar-refractivity contribution in [2.24, 2.45) is 0 Å². The number of fused-ring (bicyclic) bond motifs is 1. The van der Waals surface area contributed by atoms with Gasteiger partial charge in [-0.2, -0.15) is 0 Å². The number of carboxylic acid groups (broad SMARTS) is 1. The van der Waals surface area contributed by atoms with Crippen LogP contribution in [0, 0.1) is 0 Å². The predicted octanol–water partition coefficient (Wildman–Crippen LogP) is 4.14. The van der Waals surface area contributed by atoms with Crippen molar-refractivity contribution < 1.29 is 24.2 Å². The van der Waals surface area contributed by atoms with E-state index in [9.17, 15) is 14.7 Å². The quantitative estimate of drug-likeness (QED) is 0.623. The van der Waals surface area contributed by atoms with Gasteiger partial charge < -0.3 is 19.1 Å². The van der Waals surface area contributed by atoms with Crippen LogP contribution in [0.25, 0.3) is 10.9 Å². The summed E-state index contributed by atoms with van der Waals surface area (Å²) in [5.41, 5.74) is 3.61. The van der Waals surface area contributed by atoms with Gasteiger partial charge in [-0.3, -0.25) is 0 Å². The molecule has 0 saturated carbocycles. The minimum Gasteiger partial charge on any atom is -0.496 e. The first-order valence-electron chi connectivity index (χ1n) is 9.08. The molecule has 0 bridgehead atoms. The molecule has 0 aliphatic rings. The maximum atomic E-state index is 11.8. The van der Waals surface area contributed by atoms with Crippen LogP contribution in [0.1, 0.15) is 45.2 Å². The minimum atomic E-state index is -0.948. The summed E-state index contributed by atoms with van der Waals surface area (Å²) in [6, 6.07) is 10.4. The fourth-order valence-corrected chi connectivity index (χ4v) is 3.41. The second-order valence-corrected chi connectivity index (χ2v) is 6.58. The van der Waals surface area contributed by atoms with Crippen LogP contribution in [0.15, 0.2) is 42.6 Å². The lowest BCUT2D eigenvalue weighted by Gasteiger charge is -2.10. The van der Waals surface area contributed by atoms with Crippen LogP contribution in [0.2, 0.25) is 0 Å². The predicted molar refractivity (Wildman–Crippen MR) is 106 cm³/mol. The van der Waals surface area contributed by atoms with Crippen molar-refractivity contribution in [3.05, 3.63) is 64.8 Å². The van der Waals surface area contributed by atoms with Gasteiger partial charge in [-0.1, -0.05) is 13.0 Å². The molecule has 6 heteroatoms. The van der Waals surface area contributed by atoms with Gasteiger partial charge in [-0.25, -0.2) is 9.59 Å². The van der Waals surface area contributed by atoms with Crippen molar-refractivity contribution >= 4 is 22.8 Å². The molecule has 0 aliphatic heterocycles. The molecule has 0 unspecified atom stereocenters. The largest absolute Gasteiger partial charge is 0.496 e. The van der Waals surface area contributed by atoms with E-state index in [2.05, 4.69) is 17.7 Å². The molecule has 0 atom stereocenters. The number of carboxylic acids is 1. The van der Waals surface area contributed by atoms with Crippen molar-refractivity contribution in [3.8, 4) is 5.75 Å². The number of aromatic nitrogens is 1. The van der Waals surface area contributed by atoms with Gasteiger partial charge in [0.1, 0.15) is 5.75 Å². The van der Waals surface area contributed by atoms with Crippen LogP contribution in [0.3, 0.4) is 0 Å². The van der Waals surface area contributed by atoms with E-state index >= 15 is 0 Å². The summed E-state index contributed by atoms with van der Waals surface area (Å²) in [4.78, 5) is 23.2. The number of aromatic carboxylic acids is 1. The lowest BCUT2D eigenvalue weighted by atomic mass is 10.0. The Balaban J connectivity index is 2.07. The van der Waals surface area contributed by atoms with Crippen LogP contribution in [0.5, 0.6) is 5.75 Å². The van der Waals surface area contributed by atoms with Crippen LogP contribution in [-0.2, 0) is 17.7 Å². The molecule has 1 aromatic heterocycles. The number of carbonyl (C=O) groups is 2. The van der Waals surface area contributed by atoms with Gasteiger partial charge in [0.2, 0.25) is 0 Å². The fraction of sp³-hybridized carbons (Fsp3) is 0.273. The molecule has 0 aliphatic carbocycles. The molecule has 2 aromatic carbocycles. The highest BCUT2D eigenvalue weighted by molar-refractivity contribution is 5.95. The minimum absolute atomic E-state index is 0.260. The average molecular weight is 381 g/mol. The van der Waals surface area contributed by atoms with Gasteiger partial charge in [-0.15, -0.1) is 0 Å². The molecule has 0 amide bonds. The lowest BCUT2D eigenvalue weighted by Crippen LogP contribution is -2.03. The molecule has 3 rings (SSSR count). The van der Waals surface area contributed by atoms with Gasteiger partial charge in [0.05, 0.1) is 25.3 Å². The summed E-state index contributed by atoms with van der Waals surface area (Å²) < 4.78 is 12.4. The second-order valence-electron chi connectivity index (χ2n) is 6.58. The summed E-state index contributed by atoms with van der Waals surface area (Å²) in [5.74, 6) is -0.778. The number of aryl methyl sites for hydroxylation is 1. The Morgan fingerprint density at radius 2 is 1.79 bits per heavy atom. The first kappa shape index (κ1) is 19.5. The van der Waals surface area contributed by atoms with E-state index < -0.39 is 11.9 Å². The molecule has 3 aromatic rings. The van der Waals surface area contributed by atoms with E-state index in [1.807, 2.05) is 12.1 Å². The average Bonchev–Trinajstić information content (AvgIpc) is 3.04. The van der Waals surface area contributed by atoms with Gasteiger partial charge in [0.15, 0.2) is 0 Å². The normalized spacial score (nSPS) is 10.8. The maximum Gasteiger partial charge on any atom is 0.337 e. The number of hydrogen-bond donors (Lipinski definition) is 1. The van der Waals surface area contributed by atoms with Crippen LogP contribution < -0.4 is 4.74 Å². The van der Waals surface area contributed by atoms with Gasteiger partial charge in [0, 0.05) is 30.1 Å². The third-order valence-electron chi connectivity index (χ3n) is 4.76. The van der Waals surface area contributed by atoms with Crippen LogP contribution in [0.4, 0.5) is 0 Å². The Labute approximate surface area is 163 Å². The summed E-state index contributed by atoms with van der Waals surface area (Å²) in [7, 11) is 2.90. The molecular formula is C22H23NO5. The summed E-state index contributed by atoms with van der Waals surface area (Å²) >= 11 is 0. The third-order valence-corrected chi connectivity index (χ3v) is 4.76. The molecule has 0 fully saturated rings. The number of carbonyl (C=O) groups excluding carboxylic acids is 1. The van der Waals surface area contributed by atoms with Crippen molar-refractivity contribution in [2.75, 3.05) is 14.2 Å². The number of benzene rings is 2. The fourth-order valence-electron chi connectivity index (χ4n) is 3.41. The van der Waals surface area contributed by atoms with E-state index in [1.165, 1.54) is 7.11 Å². The monoisotopic (exact) mass is 381 g/mol. The molecule has 0 spiro atoms. The molecule has 28 heavy (non-hydrogen) atoms. The van der Waals surface area contributed by atoms with Crippen LogP contribution >= 0.6 is 0 Å². The number of ether oxygens (including phenoxy) is 2. The Kier molecular flexibility index (Phi) is 5.68. The Morgan fingerprint density at radius 3 is 2.43 bits per heavy atom. The second kappa shape index (κ2) is 8.17. The third kappa shape index (κ3) is 3.71. The van der Waals surface area contributed by atoms with Crippen molar-refractivity contribution in [1.82, 2.24) is 4.57 Å². The molecule has 0 saturated heterocycles. The van der Waals surface area contributed by atoms with E-state index in [0.717, 1.165) is 35.0 Å². The highest BCUT2D eigenvalue weighted by Gasteiger charge is 2.15. The van der Waals surface area contributed by atoms with E-state index in [-0.39, 0.29) is 5.56 Å². The Hall–Kier alpha value is -3.28. The summed E-state index contributed by atoms with van der Waals surface area (Å²) in [5, 5.41) is 10.3. The standard InChI is InChI=1S/C22H23NO5/c1-4-9-23-13-17(18-11-15(21(24)25)7-8-19(18)23)10-14-5-6-16(22(26)28-3)12-20(14)27-2/h5-8,11-13H,4,9-10H2,1-3H3,(H,24,25). The zero-order chi connectivity index (χ0) is 20.3. The molecular weight excluding hydrogens is 358 g/mol. The Morgan fingerprint density at radius 1 is 1.04 bits per heavy atom. The van der Waals surface area contributed by atoms with Gasteiger partial charge in [-0.05, 0) is 47.9 Å². The van der Waals surface area contributed by atoms with E-state index in [1.54, 1.807) is 31.4 Å². The van der Waals surface area contributed by atoms with Crippen molar-refractivity contribution in [1.29, 1.82) is 0 Å². The number of hydrogen-bond acceptors (Lipinski definition) is 4. The molecule has 146 valence electrons.